The molecule has 2 aliphatic carbocycles. The maximum absolute atomic E-state index is 11.8. The van der Waals surface area contributed by atoms with Crippen molar-refractivity contribution in [1.82, 2.24) is 0 Å². The number of aliphatic hydroxyl groups is 2. The van der Waals surface area contributed by atoms with E-state index in [4.69, 9.17) is 0 Å². The highest BCUT2D eigenvalue weighted by atomic mass is 16.3. The number of hydrogen-bond donors (Lipinski definition) is 4. The molecule has 0 amide bonds. The van der Waals surface area contributed by atoms with Gasteiger partial charge in [-0.1, -0.05) is 76.1 Å². The SMILES string of the molecule is CCCC(c1cc(CCCO)cc(C2CCCCC2)c1O)c1cc(CCCO)cc(C2CCCCC2)c1O. The van der Waals surface area contributed by atoms with Crippen LogP contribution in [0.2, 0.25) is 0 Å². The molecule has 2 saturated carbocycles. The number of aromatic hydroxyl groups is 2. The lowest BCUT2D eigenvalue weighted by Crippen LogP contribution is -2.11. The first-order valence-electron chi connectivity index (χ1n) is 15.5. The molecular weight excluding hydrogens is 472 g/mol. The van der Waals surface area contributed by atoms with Gasteiger partial charge in [0.15, 0.2) is 0 Å². The predicted molar refractivity (Wildman–Crippen MR) is 155 cm³/mol. The summed E-state index contributed by atoms with van der Waals surface area (Å²) in [6.07, 6.45) is 16.6. The van der Waals surface area contributed by atoms with Gasteiger partial charge in [0, 0.05) is 30.3 Å². The standard InChI is InChI=1S/C34H50O4/c1-2-11-28(31-22-24(12-9-18-35)20-29(33(31)37)26-14-5-3-6-15-26)32-23-25(13-10-19-36)21-30(34(32)38)27-16-7-4-8-17-27/h20-23,26-28,35-38H,2-19H2,1H3. The minimum absolute atomic E-state index is 0.0900. The first kappa shape index (κ1) is 29.0. The molecule has 4 rings (SSSR count). The fraction of sp³-hybridized carbons (Fsp3) is 0.647. The summed E-state index contributed by atoms with van der Waals surface area (Å²) in [6.45, 7) is 2.49. The molecule has 2 aromatic rings. The van der Waals surface area contributed by atoms with E-state index in [1.54, 1.807) is 0 Å². The Hall–Kier alpha value is -2.04. The molecule has 0 spiro atoms. The Labute approximate surface area is 230 Å². The predicted octanol–water partition coefficient (Wildman–Crippen LogP) is 7.98. The number of aryl methyl sites for hydroxylation is 2. The first-order valence-corrected chi connectivity index (χ1v) is 15.5. The van der Waals surface area contributed by atoms with Crippen LogP contribution in [0.4, 0.5) is 0 Å². The summed E-state index contributed by atoms with van der Waals surface area (Å²) in [7, 11) is 0. The molecule has 2 fully saturated rings. The Kier molecular flexibility index (Phi) is 11.0. The molecule has 0 heterocycles. The molecule has 0 saturated heterocycles. The molecule has 0 aliphatic heterocycles. The number of hydrogen-bond acceptors (Lipinski definition) is 4. The normalized spacial score (nSPS) is 17.4. The van der Waals surface area contributed by atoms with Crippen molar-refractivity contribution >= 4 is 0 Å². The molecular formula is C34H50O4. The zero-order valence-corrected chi connectivity index (χ0v) is 23.6. The highest BCUT2D eigenvalue weighted by molar-refractivity contribution is 5.55. The van der Waals surface area contributed by atoms with Crippen LogP contribution in [0.3, 0.4) is 0 Å². The summed E-state index contributed by atoms with van der Waals surface area (Å²) in [4.78, 5) is 0. The van der Waals surface area contributed by atoms with Crippen LogP contribution in [0.15, 0.2) is 24.3 Å². The van der Waals surface area contributed by atoms with Crippen molar-refractivity contribution in [1.29, 1.82) is 0 Å². The number of phenols is 2. The second kappa shape index (κ2) is 14.4. The molecule has 4 nitrogen and oxygen atoms in total. The van der Waals surface area contributed by atoms with Crippen molar-refractivity contribution in [3.63, 3.8) is 0 Å². The van der Waals surface area contributed by atoms with Gasteiger partial charge in [-0.25, -0.2) is 0 Å². The van der Waals surface area contributed by atoms with E-state index in [1.807, 2.05) is 0 Å². The zero-order chi connectivity index (χ0) is 26.9. The van der Waals surface area contributed by atoms with Crippen LogP contribution in [0.1, 0.15) is 148 Å². The van der Waals surface area contributed by atoms with Gasteiger partial charge in [0.2, 0.25) is 0 Å². The third-order valence-corrected chi connectivity index (χ3v) is 9.12. The summed E-state index contributed by atoms with van der Waals surface area (Å²) < 4.78 is 0. The average Bonchev–Trinajstić information content (AvgIpc) is 2.96. The van der Waals surface area contributed by atoms with Crippen molar-refractivity contribution in [2.24, 2.45) is 0 Å². The van der Waals surface area contributed by atoms with Crippen LogP contribution in [-0.2, 0) is 12.8 Å². The van der Waals surface area contributed by atoms with E-state index < -0.39 is 0 Å². The van der Waals surface area contributed by atoms with E-state index in [2.05, 4.69) is 31.2 Å². The molecule has 2 aromatic carbocycles. The lowest BCUT2D eigenvalue weighted by Gasteiger charge is -2.29. The van der Waals surface area contributed by atoms with Gasteiger partial charge < -0.3 is 20.4 Å². The van der Waals surface area contributed by atoms with E-state index in [0.29, 0.717) is 36.2 Å². The first-order chi connectivity index (χ1) is 18.6. The Morgan fingerprint density at radius 3 is 1.45 bits per heavy atom. The van der Waals surface area contributed by atoms with Gasteiger partial charge in [0.05, 0.1) is 0 Å². The molecule has 0 bridgehead atoms. The van der Waals surface area contributed by atoms with Gasteiger partial charge in [-0.15, -0.1) is 0 Å². The topological polar surface area (TPSA) is 80.9 Å². The highest BCUT2D eigenvalue weighted by Crippen LogP contribution is 2.48. The van der Waals surface area contributed by atoms with Crippen LogP contribution in [-0.4, -0.2) is 33.6 Å². The van der Waals surface area contributed by atoms with Crippen LogP contribution in [0.25, 0.3) is 0 Å². The largest absolute Gasteiger partial charge is 0.507 e. The minimum Gasteiger partial charge on any atom is -0.507 e. The smallest absolute Gasteiger partial charge is 0.122 e. The molecule has 210 valence electrons. The maximum atomic E-state index is 11.8. The Balaban J connectivity index is 1.84. The molecule has 0 radical (unpaired) electrons. The fourth-order valence-electron chi connectivity index (χ4n) is 7.09. The van der Waals surface area contributed by atoms with E-state index in [9.17, 15) is 20.4 Å². The fourth-order valence-corrected chi connectivity index (χ4v) is 7.09. The van der Waals surface area contributed by atoms with Crippen molar-refractivity contribution in [3.8, 4) is 11.5 Å². The molecule has 0 unspecified atom stereocenters. The third kappa shape index (κ3) is 6.93. The molecule has 38 heavy (non-hydrogen) atoms. The van der Waals surface area contributed by atoms with E-state index in [1.165, 1.54) is 49.7 Å². The highest BCUT2D eigenvalue weighted by Gasteiger charge is 2.29. The monoisotopic (exact) mass is 522 g/mol. The van der Waals surface area contributed by atoms with Gasteiger partial charge in [-0.05, 0) is 91.9 Å². The van der Waals surface area contributed by atoms with Crippen LogP contribution in [0.5, 0.6) is 11.5 Å². The lowest BCUT2D eigenvalue weighted by atomic mass is 9.76. The minimum atomic E-state index is -0.0900. The summed E-state index contributed by atoms with van der Waals surface area (Å²) in [5, 5.41) is 42.7. The molecule has 4 heteroatoms. The third-order valence-electron chi connectivity index (χ3n) is 9.12. The Bertz CT molecular complexity index is 938. The van der Waals surface area contributed by atoms with Gasteiger partial charge in [-0.2, -0.15) is 0 Å². The van der Waals surface area contributed by atoms with Crippen molar-refractivity contribution < 1.29 is 20.4 Å². The molecule has 4 N–H and O–H groups in total. The summed E-state index contributed by atoms with van der Waals surface area (Å²) >= 11 is 0. The summed E-state index contributed by atoms with van der Waals surface area (Å²) in [5.41, 5.74) is 6.37. The Morgan fingerprint density at radius 1 is 0.658 bits per heavy atom. The van der Waals surface area contributed by atoms with E-state index >= 15 is 0 Å². The quantitative estimate of drug-likeness (QED) is 0.228. The van der Waals surface area contributed by atoms with Crippen LogP contribution < -0.4 is 0 Å². The maximum Gasteiger partial charge on any atom is 0.122 e. The molecule has 0 aromatic heterocycles. The average molecular weight is 523 g/mol. The van der Waals surface area contributed by atoms with Gasteiger partial charge in [-0.3, -0.25) is 0 Å². The summed E-state index contributed by atoms with van der Waals surface area (Å²) in [6, 6.07) is 8.69. The number of phenolic OH excluding ortho intramolecular Hbond substituents is 2. The van der Waals surface area contributed by atoms with Gasteiger partial charge in [0.1, 0.15) is 11.5 Å². The lowest BCUT2D eigenvalue weighted by molar-refractivity contribution is 0.288. The van der Waals surface area contributed by atoms with Crippen molar-refractivity contribution in [3.05, 3.63) is 57.6 Å². The number of aliphatic hydroxyl groups excluding tert-OH is 2. The van der Waals surface area contributed by atoms with E-state index in [-0.39, 0.29) is 19.1 Å². The van der Waals surface area contributed by atoms with Crippen LogP contribution >= 0.6 is 0 Å². The second-order valence-corrected chi connectivity index (χ2v) is 11.9. The van der Waals surface area contributed by atoms with Gasteiger partial charge in [0.25, 0.3) is 0 Å². The van der Waals surface area contributed by atoms with E-state index in [0.717, 1.165) is 73.6 Å². The molecule has 0 atom stereocenters. The van der Waals surface area contributed by atoms with Crippen molar-refractivity contribution in [2.45, 2.75) is 127 Å². The molecule has 2 aliphatic rings. The Morgan fingerprint density at radius 2 is 1.08 bits per heavy atom. The van der Waals surface area contributed by atoms with Gasteiger partial charge >= 0.3 is 0 Å². The number of benzene rings is 2. The summed E-state index contributed by atoms with van der Waals surface area (Å²) in [5.74, 6) is 1.50. The zero-order valence-electron chi connectivity index (χ0n) is 23.6. The van der Waals surface area contributed by atoms with Crippen LogP contribution in [0, 0.1) is 0 Å². The second-order valence-electron chi connectivity index (χ2n) is 11.9. The van der Waals surface area contributed by atoms with Crippen molar-refractivity contribution in [2.75, 3.05) is 13.2 Å². The number of rotatable bonds is 12.